The Kier molecular flexibility index (Phi) is 3.99. The van der Waals surface area contributed by atoms with E-state index in [0.717, 1.165) is 61.5 Å². The van der Waals surface area contributed by atoms with Gasteiger partial charge in [-0.25, -0.2) is 0 Å². The predicted octanol–water partition coefficient (Wildman–Crippen LogP) is 1.56. The molecule has 5 nitrogen and oxygen atoms in total. The normalized spacial score (nSPS) is 16.4. The van der Waals surface area contributed by atoms with Gasteiger partial charge in [-0.05, 0) is 18.2 Å². The van der Waals surface area contributed by atoms with E-state index in [1.807, 2.05) is 24.4 Å². The van der Waals surface area contributed by atoms with Crippen molar-refractivity contribution in [3.63, 3.8) is 0 Å². The predicted molar refractivity (Wildman–Crippen MR) is 81.9 cm³/mol. The van der Waals surface area contributed by atoms with Gasteiger partial charge in [-0.3, -0.25) is 9.88 Å². The van der Waals surface area contributed by atoms with Crippen LogP contribution in [-0.4, -0.2) is 49.3 Å². The van der Waals surface area contributed by atoms with Crippen molar-refractivity contribution in [2.45, 2.75) is 0 Å². The number of morpholine rings is 1. The zero-order valence-electron chi connectivity index (χ0n) is 11.5. The molecule has 5 heteroatoms. The van der Waals surface area contributed by atoms with E-state index in [2.05, 4.69) is 15.2 Å². The number of rotatable bonds is 4. The number of nitrogens with two attached hydrogens (primary N) is 1. The maximum Gasteiger partial charge on any atom is 0.0594 e. The molecular formula is C15H20N4O. The second kappa shape index (κ2) is 6.07. The Morgan fingerprint density at radius 3 is 2.90 bits per heavy atom. The number of nitrogen functional groups attached to an aromatic ring is 1. The van der Waals surface area contributed by atoms with Gasteiger partial charge in [-0.1, -0.05) is 0 Å². The first-order chi connectivity index (χ1) is 9.84. The van der Waals surface area contributed by atoms with E-state index in [0.29, 0.717) is 0 Å². The Balaban J connectivity index is 1.67. The van der Waals surface area contributed by atoms with Gasteiger partial charge in [0.2, 0.25) is 0 Å². The first-order valence-electron chi connectivity index (χ1n) is 7.01. The monoisotopic (exact) mass is 272 g/mol. The lowest BCUT2D eigenvalue weighted by Gasteiger charge is -2.26. The van der Waals surface area contributed by atoms with Gasteiger partial charge < -0.3 is 15.8 Å². The first kappa shape index (κ1) is 13.1. The Labute approximate surface area is 118 Å². The third-order valence-corrected chi connectivity index (χ3v) is 3.70. The van der Waals surface area contributed by atoms with Crippen LogP contribution in [0.15, 0.2) is 30.6 Å². The van der Waals surface area contributed by atoms with E-state index in [1.54, 1.807) is 6.20 Å². The molecule has 1 aromatic carbocycles. The van der Waals surface area contributed by atoms with Crippen molar-refractivity contribution in [1.29, 1.82) is 0 Å². The molecule has 0 amide bonds. The molecule has 2 aromatic rings. The lowest BCUT2D eigenvalue weighted by molar-refractivity contribution is 0.0398. The summed E-state index contributed by atoms with van der Waals surface area (Å²) in [5.41, 5.74) is 7.88. The number of nitrogens with one attached hydrogen (secondary N) is 1. The molecular weight excluding hydrogens is 252 g/mol. The largest absolute Gasteiger partial charge is 0.398 e. The lowest BCUT2D eigenvalue weighted by atomic mass is 10.1. The van der Waals surface area contributed by atoms with Crippen molar-refractivity contribution in [2.24, 2.45) is 0 Å². The number of pyridine rings is 1. The van der Waals surface area contributed by atoms with Crippen LogP contribution >= 0.6 is 0 Å². The van der Waals surface area contributed by atoms with Crippen molar-refractivity contribution in [1.82, 2.24) is 9.88 Å². The molecule has 3 N–H and O–H groups in total. The summed E-state index contributed by atoms with van der Waals surface area (Å²) in [5.74, 6) is 0. The minimum absolute atomic E-state index is 0.793. The summed E-state index contributed by atoms with van der Waals surface area (Å²) in [4.78, 5) is 6.60. The molecule has 1 aliphatic rings. The maximum atomic E-state index is 5.99. The fourth-order valence-corrected chi connectivity index (χ4v) is 2.54. The summed E-state index contributed by atoms with van der Waals surface area (Å²) in [5, 5.41) is 5.61. The summed E-state index contributed by atoms with van der Waals surface area (Å²) in [6, 6.07) is 5.93. The number of benzene rings is 1. The molecule has 3 rings (SSSR count). The fourth-order valence-electron chi connectivity index (χ4n) is 2.54. The second-order valence-corrected chi connectivity index (χ2v) is 5.00. The van der Waals surface area contributed by atoms with Crippen molar-refractivity contribution in [3.8, 4) is 0 Å². The molecule has 0 aliphatic carbocycles. The molecule has 20 heavy (non-hydrogen) atoms. The average molecular weight is 272 g/mol. The highest BCUT2D eigenvalue weighted by molar-refractivity contribution is 6.00. The van der Waals surface area contributed by atoms with Gasteiger partial charge in [-0.2, -0.15) is 0 Å². The van der Waals surface area contributed by atoms with Crippen molar-refractivity contribution in [2.75, 3.05) is 50.4 Å². The van der Waals surface area contributed by atoms with Crippen LogP contribution in [0.25, 0.3) is 10.8 Å². The third-order valence-electron chi connectivity index (χ3n) is 3.70. The van der Waals surface area contributed by atoms with E-state index < -0.39 is 0 Å². The molecule has 0 bridgehead atoms. The highest BCUT2D eigenvalue weighted by Crippen LogP contribution is 2.27. The summed E-state index contributed by atoms with van der Waals surface area (Å²) >= 11 is 0. The Morgan fingerprint density at radius 1 is 1.20 bits per heavy atom. The molecule has 1 saturated heterocycles. The highest BCUT2D eigenvalue weighted by atomic mass is 16.5. The van der Waals surface area contributed by atoms with Crippen LogP contribution in [-0.2, 0) is 4.74 Å². The molecule has 0 saturated carbocycles. The third kappa shape index (κ3) is 2.84. The number of anilines is 2. The molecule has 1 fully saturated rings. The zero-order valence-corrected chi connectivity index (χ0v) is 11.5. The zero-order chi connectivity index (χ0) is 13.8. The van der Waals surface area contributed by atoms with Crippen molar-refractivity contribution >= 4 is 22.1 Å². The number of fused-ring (bicyclic) bond motifs is 1. The summed E-state index contributed by atoms with van der Waals surface area (Å²) in [6.45, 7) is 5.66. The quantitative estimate of drug-likeness (QED) is 0.827. The van der Waals surface area contributed by atoms with Gasteiger partial charge in [-0.15, -0.1) is 0 Å². The topological polar surface area (TPSA) is 63.4 Å². The van der Waals surface area contributed by atoms with Crippen LogP contribution in [0, 0.1) is 0 Å². The Morgan fingerprint density at radius 2 is 2.05 bits per heavy atom. The fraction of sp³-hybridized carbons (Fsp3) is 0.400. The minimum Gasteiger partial charge on any atom is -0.398 e. The maximum absolute atomic E-state index is 5.99. The molecule has 0 unspecified atom stereocenters. The van der Waals surface area contributed by atoms with Gasteiger partial charge in [0.15, 0.2) is 0 Å². The van der Waals surface area contributed by atoms with Gasteiger partial charge in [0.05, 0.1) is 13.2 Å². The highest BCUT2D eigenvalue weighted by Gasteiger charge is 2.10. The van der Waals surface area contributed by atoms with E-state index in [-0.39, 0.29) is 0 Å². The molecule has 1 aliphatic heterocycles. The summed E-state index contributed by atoms with van der Waals surface area (Å²) in [6.07, 6.45) is 3.64. The minimum atomic E-state index is 0.793. The number of hydrogen-bond donors (Lipinski definition) is 2. The standard InChI is InChI=1S/C15H20N4O/c16-14-1-2-15(13-11-17-4-3-12(13)14)18-5-6-19-7-9-20-10-8-19/h1-4,11,18H,5-10,16H2. The molecule has 0 atom stereocenters. The van der Waals surface area contributed by atoms with Crippen LogP contribution in [0.4, 0.5) is 11.4 Å². The van der Waals surface area contributed by atoms with Gasteiger partial charge in [0.1, 0.15) is 0 Å². The molecule has 2 heterocycles. The van der Waals surface area contributed by atoms with Crippen LogP contribution < -0.4 is 11.1 Å². The number of aromatic nitrogens is 1. The average Bonchev–Trinajstić information content (AvgIpc) is 2.51. The molecule has 0 spiro atoms. The SMILES string of the molecule is Nc1ccc(NCCN2CCOCC2)c2cnccc12. The number of nitrogens with zero attached hydrogens (tertiary/aromatic N) is 2. The number of hydrogen-bond acceptors (Lipinski definition) is 5. The van der Waals surface area contributed by atoms with E-state index in [1.165, 1.54) is 0 Å². The van der Waals surface area contributed by atoms with Gasteiger partial charge in [0.25, 0.3) is 0 Å². The van der Waals surface area contributed by atoms with Crippen LogP contribution in [0.5, 0.6) is 0 Å². The first-order valence-corrected chi connectivity index (χ1v) is 7.01. The van der Waals surface area contributed by atoms with Crippen molar-refractivity contribution < 1.29 is 4.74 Å². The van der Waals surface area contributed by atoms with Gasteiger partial charge in [0, 0.05) is 60.7 Å². The lowest BCUT2D eigenvalue weighted by Crippen LogP contribution is -2.39. The summed E-state index contributed by atoms with van der Waals surface area (Å²) < 4.78 is 5.35. The molecule has 1 aromatic heterocycles. The van der Waals surface area contributed by atoms with Crippen LogP contribution in [0.2, 0.25) is 0 Å². The van der Waals surface area contributed by atoms with Crippen LogP contribution in [0.1, 0.15) is 0 Å². The summed E-state index contributed by atoms with van der Waals surface area (Å²) in [7, 11) is 0. The van der Waals surface area contributed by atoms with Crippen LogP contribution in [0.3, 0.4) is 0 Å². The van der Waals surface area contributed by atoms with E-state index in [9.17, 15) is 0 Å². The Bertz CT molecular complexity index is 581. The molecule has 106 valence electrons. The Hall–Kier alpha value is -1.85. The number of ether oxygens (including phenoxy) is 1. The second-order valence-electron chi connectivity index (χ2n) is 5.00. The molecule has 0 radical (unpaired) electrons. The van der Waals surface area contributed by atoms with E-state index >= 15 is 0 Å². The smallest absolute Gasteiger partial charge is 0.0594 e. The van der Waals surface area contributed by atoms with Crippen molar-refractivity contribution in [3.05, 3.63) is 30.6 Å². The van der Waals surface area contributed by atoms with Gasteiger partial charge >= 0.3 is 0 Å². The van der Waals surface area contributed by atoms with E-state index in [4.69, 9.17) is 10.5 Å².